The first kappa shape index (κ1) is 13.8. The maximum Gasteiger partial charge on any atom is 0.0558 e. The van der Waals surface area contributed by atoms with Gasteiger partial charge in [0.05, 0.1) is 13.2 Å². The van der Waals surface area contributed by atoms with E-state index in [1.54, 1.807) is 0 Å². The van der Waals surface area contributed by atoms with Crippen molar-refractivity contribution in [2.45, 2.75) is 25.7 Å². The van der Waals surface area contributed by atoms with Crippen LogP contribution in [0, 0.1) is 0 Å². The van der Waals surface area contributed by atoms with Crippen LogP contribution < -0.4 is 5.73 Å². The maximum atomic E-state index is 8.76. The van der Waals surface area contributed by atoms with Crippen molar-refractivity contribution >= 4 is 0 Å². The fourth-order valence-electron chi connectivity index (χ4n) is 1.45. The Kier molecular flexibility index (Phi) is 10.8. The van der Waals surface area contributed by atoms with Crippen molar-refractivity contribution in [2.75, 3.05) is 39.4 Å². The molecular weight excluding hydrogens is 180 g/mol. The van der Waals surface area contributed by atoms with Gasteiger partial charge in [0.25, 0.3) is 0 Å². The van der Waals surface area contributed by atoms with Gasteiger partial charge in [0, 0.05) is 13.1 Å². The Balaban J connectivity index is 3.30. The summed E-state index contributed by atoms with van der Waals surface area (Å²) in [6.07, 6.45) is 4.59. The van der Waals surface area contributed by atoms with E-state index in [0.29, 0.717) is 13.1 Å². The van der Waals surface area contributed by atoms with Gasteiger partial charge >= 0.3 is 0 Å². The summed E-state index contributed by atoms with van der Waals surface area (Å²) in [5, 5.41) is 17.5. The molecule has 14 heavy (non-hydrogen) atoms. The summed E-state index contributed by atoms with van der Waals surface area (Å²) in [5.41, 5.74) is 5.39. The van der Waals surface area contributed by atoms with E-state index >= 15 is 0 Å². The number of hydrogen-bond acceptors (Lipinski definition) is 4. The van der Waals surface area contributed by atoms with Gasteiger partial charge in [0.2, 0.25) is 0 Å². The second kappa shape index (κ2) is 10.9. The molecule has 0 rings (SSSR count). The zero-order valence-electron chi connectivity index (χ0n) is 8.99. The average molecular weight is 204 g/mol. The van der Waals surface area contributed by atoms with Crippen LogP contribution in [0.4, 0.5) is 0 Å². The zero-order valence-corrected chi connectivity index (χ0v) is 8.99. The minimum atomic E-state index is 0.169. The van der Waals surface area contributed by atoms with Gasteiger partial charge in [-0.25, -0.2) is 0 Å². The lowest BCUT2D eigenvalue weighted by atomic mass is 10.2. The van der Waals surface area contributed by atoms with Crippen molar-refractivity contribution in [3.63, 3.8) is 0 Å². The fourth-order valence-corrected chi connectivity index (χ4v) is 1.45. The van der Waals surface area contributed by atoms with Crippen LogP contribution in [0.15, 0.2) is 0 Å². The second-order valence-electron chi connectivity index (χ2n) is 3.49. The number of unbranched alkanes of at least 4 members (excludes halogenated alkanes) is 3. The summed E-state index contributed by atoms with van der Waals surface area (Å²) in [4.78, 5) is 2.09. The third kappa shape index (κ3) is 8.44. The maximum absolute atomic E-state index is 8.76. The van der Waals surface area contributed by atoms with E-state index in [4.69, 9.17) is 15.9 Å². The van der Waals surface area contributed by atoms with Gasteiger partial charge in [-0.2, -0.15) is 0 Å². The molecule has 0 unspecified atom stereocenters. The van der Waals surface area contributed by atoms with Crippen LogP contribution in [0.25, 0.3) is 0 Å². The molecule has 0 heterocycles. The molecule has 0 aliphatic carbocycles. The SMILES string of the molecule is NCCCCCCN(CCO)CCO. The molecule has 0 bridgehead atoms. The second-order valence-corrected chi connectivity index (χ2v) is 3.49. The van der Waals surface area contributed by atoms with Gasteiger partial charge in [-0.3, -0.25) is 4.90 Å². The quantitative estimate of drug-likeness (QED) is 0.431. The summed E-state index contributed by atoms with van der Waals surface area (Å²) in [6.45, 7) is 3.41. The molecule has 4 N–H and O–H groups in total. The lowest BCUT2D eigenvalue weighted by Gasteiger charge is -2.19. The minimum absolute atomic E-state index is 0.169. The topological polar surface area (TPSA) is 69.7 Å². The first-order chi connectivity index (χ1) is 6.85. The van der Waals surface area contributed by atoms with Crippen molar-refractivity contribution in [3.8, 4) is 0 Å². The molecule has 86 valence electrons. The molecule has 0 aromatic heterocycles. The van der Waals surface area contributed by atoms with Crippen molar-refractivity contribution in [3.05, 3.63) is 0 Å². The van der Waals surface area contributed by atoms with Crippen LogP contribution in [-0.2, 0) is 0 Å². The van der Waals surface area contributed by atoms with Gasteiger partial charge < -0.3 is 15.9 Å². The third-order valence-electron chi connectivity index (χ3n) is 2.26. The predicted octanol–water partition coefficient (Wildman–Crippen LogP) is -0.208. The molecule has 0 saturated carbocycles. The van der Waals surface area contributed by atoms with Crippen molar-refractivity contribution in [2.24, 2.45) is 5.73 Å². The van der Waals surface area contributed by atoms with Crippen molar-refractivity contribution in [1.82, 2.24) is 4.90 Å². The van der Waals surface area contributed by atoms with E-state index in [1.807, 2.05) is 0 Å². The summed E-state index contributed by atoms with van der Waals surface area (Å²) in [7, 11) is 0. The highest BCUT2D eigenvalue weighted by molar-refractivity contribution is 4.56. The standard InChI is InChI=1S/C10H24N2O2/c11-5-3-1-2-4-6-12(7-9-13)8-10-14/h13-14H,1-11H2. The average Bonchev–Trinajstić information content (AvgIpc) is 2.18. The van der Waals surface area contributed by atoms with E-state index in [1.165, 1.54) is 12.8 Å². The number of aliphatic hydroxyl groups is 2. The molecule has 0 aliphatic heterocycles. The highest BCUT2D eigenvalue weighted by Gasteiger charge is 2.02. The largest absolute Gasteiger partial charge is 0.395 e. The van der Waals surface area contributed by atoms with Crippen molar-refractivity contribution in [1.29, 1.82) is 0 Å². The first-order valence-electron chi connectivity index (χ1n) is 5.49. The monoisotopic (exact) mass is 204 g/mol. The van der Waals surface area contributed by atoms with Crippen LogP contribution in [0.1, 0.15) is 25.7 Å². The van der Waals surface area contributed by atoms with Crippen LogP contribution >= 0.6 is 0 Å². The molecule has 4 heteroatoms. The van der Waals surface area contributed by atoms with Gasteiger partial charge in [-0.05, 0) is 25.9 Å². The Morgan fingerprint density at radius 3 is 1.86 bits per heavy atom. The smallest absolute Gasteiger partial charge is 0.0558 e. The van der Waals surface area contributed by atoms with E-state index < -0.39 is 0 Å². The molecule has 0 saturated heterocycles. The van der Waals surface area contributed by atoms with E-state index in [0.717, 1.165) is 25.9 Å². The molecule has 0 aromatic carbocycles. The molecule has 0 aliphatic rings. The van der Waals surface area contributed by atoms with Crippen LogP contribution in [-0.4, -0.2) is 54.5 Å². The molecule has 4 nitrogen and oxygen atoms in total. The summed E-state index contributed by atoms with van der Waals surface area (Å²) >= 11 is 0. The minimum Gasteiger partial charge on any atom is -0.395 e. The fraction of sp³-hybridized carbons (Fsp3) is 1.00. The molecular formula is C10H24N2O2. The number of aliphatic hydroxyl groups excluding tert-OH is 2. The normalized spacial score (nSPS) is 11.1. The molecule has 0 atom stereocenters. The van der Waals surface area contributed by atoms with Crippen LogP contribution in [0.2, 0.25) is 0 Å². The Morgan fingerprint density at radius 1 is 0.786 bits per heavy atom. The van der Waals surface area contributed by atoms with E-state index in [2.05, 4.69) is 4.90 Å². The lowest BCUT2D eigenvalue weighted by molar-refractivity contribution is 0.159. The van der Waals surface area contributed by atoms with Crippen LogP contribution in [0.3, 0.4) is 0 Å². The van der Waals surface area contributed by atoms with Gasteiger partial charge in [0.1, 0.15) is 0 Å². The number of rotatable bonds is 10. The van der Waals surface area contributed by atoms with Crippen molar-refractivity contribution < 1.29 is 10.2 Å². The first-order valence-corrected chi connectivity index (χ1v) is 5.49. The Labute approximate surface area is 86.7 Å². The van der Waals surface area contributed by atoms with Gasteiger partial charge in [0.15, 0.2) is 0 Å². The van der Waals surface area contributed by atoms with Gasteiger partial charge in [-0.15, -0.1) is 0 Å². The predicted molar refractivity (Wildman–Crippen MR) is 58.1 cm³/mol. The molecule has 0 spiro atoms. The summed E-state index contributed by atoms with van der Waals surface area (Å²) in [5.74, 6) is 0. The number of hydrogen-bond donors (Lipinski definition) is 3. The third-order valence-corrected chi connectivity index (χ3v) is 2.26. The highest BCUT2D eigenvalue weighted by Crippen LogP contribution is 2.00. The lowest BCUT2D eigenvalue weighted by Crippen LogP contribution is -2.30. The van der Waals surface area contributed by atoms with E-state index in [-0.39, 0.29) is 13.2 Å². The Morgan fingerprint density at radius 2 is 1.36 bits per heavy atom. The number of nitrogens with zero attached hydrogens (tertiary/aromatic N) is 1. The number of nitrogens with two attached hydrogens (primary N) is 1. The molecule has 0 fully saturated rings. The highest BCUT2D eigenvalue weighted by atomic mass is 16.3. The van der Waals surface area contributed by atoms with Gasteiger partial charge in [-0.1, -0.05) is 12.8 Å². The van der Waals surface area contributed by atoms with E-state index in [9.17, 15) is 0 Å². The molecule has 0 aromatic rings. The Bertz CT molecular complexity index is 106. The summed E-state index contributed by atoms with van der Waals surface area (Å²) < 4.78 is 0. The molecule has 0 amide bonds. The van der Waals surface area contributed by atoms with Crippen LogP contribution in [0.5, 0.6) is 0 Å². The molecule has 0 radical (unpaired) electrons. The zero-order chi connectivity index (χ0) is 10.6. The Hall–Kier alpha value is -0.160. The summed E-state index contributed by atoms with van der Waals surface area (Å²) in [6, 6.07) is 0.